The molecule has 0 aliphatic heterocycles. The van der Waals surface area contributed by atoms with Crippen LogP contribution in [0.25, 0.3) is 11.0 Å². The lowest BCUT2D eigenvalue weighted by Crippen LogP contribution is -2.37. The van der Waals surface area contributed by atoms with E-state index in [-0.39, 0.29) is 31.0 Å². The van der Waals surface area contributed by atoms with E-state index in [9.17, 15) is 9.59 Å². The van der Waals surface area contributed by atoms with Crippen LogP contribution in [0.5, 0.6) is 0 Å². The molecule has 2 aromatic heterocycles. The van der Waals surface area contributed by atoms with Gasteiger partial charge in [-0.15, -0.1) is 0 Å². The van der Waals surface area contributed by atoms with E-state index in [1.807, 2.05) is 32.0 Å². The molecule has 3 aromatic rings. The minimum atomic E-state index is -0.348. The van der Waals surface area contributed by atoms with Gasteiger partial charge in [0.25, 0.3) is 5.56 Å². The number of aromatic nitrogens is 4. The van der Waals surface area contributed by atoms with Crippen LogP contribution in [0.4, 0.5) is 5.69 Å². The number of halogens is 1. The number of anilines is 1. The van der Waals surface area contributed by atoms with Crippen molar-refractivity contribution in [1.82, 2.24) is 19.3 Å². The van der Waals surface area contributed by atoms with Crippen molar-refractivity contribution in [3.05, 3.63) is 50.6 Å². The second-order valence-electron chi connectivity index (χ2n) is 6.59. The molecule has 3 rings (SSSR count). The molecule has 1 aromatic carbocycles. The fourth-order valence-corrected chi connectivity index (χ4v) is 3.73. The van der Waals surface area contributed by atoms with Gasteiger partial charge in [0.2, 0.25) is 5.91 Å². The Morgan fingerprint density at radius 1 is 1.29 bits per heavy atom. The molecule has 0 aliphatic rings. The monoisotopic (exact) mass is 442 g/mol. The zero-order chi connectivity index (χ0) is 20.4. The summed E-state index contributed by atoms with van der Waals surface area (Å²) < 4.78 is 3.15. The maximum Gasteiger partial charge on any atom is 0.266 e. The Kier molecular flexibility index (Phi) is 5.61. The molecule has 144 valence electrons. The van der Waals surface area contributed by atoms with Crippen LogP contribution in [0.1, 0.15) is 17.5 Å². The van der Waals surface area contributed by atoms with Gasteiger partial charge >= 0.3 is 0 Å². The third kappa shape index (κ3) is 3.82. The highest BCUT2D eigenvalue weighted by Crippen LogP contribution is 2.20. The number of hydrogen-bond acceptors (Lipinski definition) is 5. The smallest absolute Gasteiger partial charge is 0.266 e. The number of amides is 1. The summed E-state index contributed by atoms with van der Waals surface area (Å²) in [5.74, 6) is -0.288. The van der Waals surface area contributed by atoms with Crippen LogP contribution in [0.3, 0.4) is 0 Å². The number of carbonyl (C=O) groups is 1. The van der Waals surface area contributed by atoms with Crippen molar-refractivity contribution in [3.63, 3.8) is 0 Å². The maximum absolute atomic E-state index is 13.0. The summed E-state index contributed by atoms with van der Waals surface area (Å²) in [6, 6.07) is 7.87. The molecule has 0 unspecified atom stereocenters. The molecule has 0 bridgehead atoms. The molecular formula is C19H19BrN6O2. The molecule has 0 saturated carbocycles. The summed E-state index contributed by atoms with van der Waals surface area (Å²) in [6.07, 6.45) is 1.54. The van der Waals surface area contributed by atoms with Crippen LogP contribution < -0.4 is 10.5 Å². The second kappa shape index (κ2) is 7.94. The van der Waals surface area contributed by atoms with Crippen LogP contribution in [-0.4, -0.2) is 31.8 Å². The van der Waals surface area contributed by atoms with Crippen molar-refractivity contribution in [2.45, 2.75) is 26.8 Å². The third-order valence-electron chi connectivity index (χ3n) is 4.34. The van der Waals surface area contributed by atoms with E-state index < -0.39 is 0 Å². The van der Waals surface area contributed by atoms with Gasteiger partial charge in [-0.05, 0) is 53.0 Å². The van der Waals surface area contributed by atoms with Crippen molar-refractivity contribution >= 4 is 38.6 Å². The van der Waals surface area contributed by atoms with Gasteiger partial charge in [-0.25, -0.2) is 9.67 Å². The molecular weight excluding hydrogens is 424 g/mol. The lowest BCUT2D eigenvalue weighted by atomic mass is 10.1. The lowest BCUT2D eigenvalue weighted by Gasteiger charge is -2.23. The average Bonchev–Trinajstić information content (AvgIpc) is 2.91. The predicted molar refractivity (Wildman–Crippen MR) is 109 cm³/mol. The standard InChI is InChI=1S/C19H19BrN6O2/c1-12-7-13(2)9-14(8-12)26(6-4-5-21)15(27)10-25-11-22-18-16(19(25)28)17(20)23-24(18)3/h7-9,11H,4,6,10H2,1-3H3. The quantitative estimate of drug-likeness (QED) is 0.604. The molecule has 0 N–H and O–H groups in total. The second-order valence-corrected chi connectivity index (χ2v) is 7.34. The Hall–Kier alpha value is -2.99. The van der Waals surface area contributed by atoms with Gasteiger partial charge in [0.1, 0.15) is 22.9 Å². The fraction of sp³-hybridized carbons (Fsp3) is 0.316. The van der Waals surface area contributed by atoms with E-state index in [2.05, 4.69) is 32.1 Å². The van der Waals surface area contributed by atoms with Gasteiger partial charge in [0.15, 0.2) is 5.65 Å². The highest BCUT2D eigenvalue weighted by atomic mass is 79.9. The van der Waals surface area contributed by atoms with E-state index in [4.69, 9.17) is 5.26 Å². The van der Waals surface area contributed by atoms with Crippen LogP contribution >= 0.6 is 15.9 Å². The van der Waals surface area contributed by atoms with Gasteiger partial charge < -0.3 is 4.90 Å². The molecule has 0 fully saturated rings. The van der Waals surface area contributed by atoms with Gasteiger partial charge in [0, 0.05) is 19.3 Å². The summed E-state index contributed by atoms with van der Waals surface area (Å²) in [5.41, 5.74) is 2.84. The summed E-state index contributed by atoms with van der Waals surface area (Å²) in [5, 5.41) is 13.4. The first-order valence-corrected chi connectivity index (χ1v) is 9.44. The van der Waals surface area contributed by atoms with E-state index in [0.29, 0.717) is 21.3 Å². The molecule has 2 heterocycles. The Bertz CT molecular complexity index is 1140. The van der Waals surface area contributed by atoms with Crippen molar-refractivity contribution in [2.75, 3.05) is 11.4 Å². The molecule has 0 saturated heterocycles. The Balaban J connectivity index is 1.97. The summed E-state index contributed by atoms with van der Waals surface area (Å²) in [6.45, 7) is 3.97. The van der Waals surface area contributed by atoms with Crippen molar-refractivity contribution in [3.8, 4) is 6.07 Å². The fourth-order valence-electron chi connectivity index (χ4n) is 3.15. The molecule has 0 radical (unpaired) electrons. The van der Waals surface area contributed by atoms with Crippen LogP contribution in [-0.2, 0) is 18.4 Å². The van der Waals surface area contributed by atoms with Crippen molar-refractivity contribution in [2.24, 2.45) is 7.05 Å². The normalized spacial score (nSPS) is 10.8. The Labute approximate surface area is 170 Å². The van der Waals surface area contributed by atoms with Crippen LogP contribution in [0.15, 0.2) is 33.9 Å². The maximum atomic E-state index is 13.0. The number of hydrogen-bond donors (Lipinski definition) is 0. The zero-order valence-corrected chi connectivity index (χ0v) is 17.4. The first kappa shape index (κ1) is 19.8. The van der Waals surface area contributed by atoms with Gasteiger partial charge in [0.05, 0.1) is 12.5 Å². The Morgan fingerprint density at radius 3 is 2.61 bits per heavy atom. The van der Waals surface area contributed by atoms with E-state index in [0.717, 1.165) is 11.1 Å². The van der Waals surface area contributed by atoms with Crippen LogP contribution in [0, 0.1) is 25.2 Å². The number of rotatable bonds is 5. The first-order chi connectivity index (χ1) is 13.3. The summed E-state index contributed by atoms with van der Waals surface area (Å²) in [4.78, 5) is 31.6. The topological polar surface area (TPSA) is 96.8 Å². The highest BCUT2D eigenvalue weighted by molar-refractivity contribution is 9.10. The number of fused-ring (bicyclic) bond motifs is 1. The number of benzene rings is 1. The van der Waals surface area contributed by atoms with Gasteiger partial charge in [-0.2, -0.15) is 10.4 Å². The summed E-state index contributed by atoms with van der Waals surface area (Å²) >= 11 is 3.27. The molecule has 8 nitrogen and oxygen atoms in total. The van der Waals surface area contributed by atoms with E-state index in [1.54, 1.807) is 7.05 Å². The number of carbonyl (C=O) groups excluding carboxylic acids is 1. The molecule has 28 heavy (non-hydrogen) atoms. The molecule has 0 spiro atoms. The highest BCUT2D eigenvalue weighted by Gasteiger charge is 2.19. The predicted octanol–water partition coefficient (Wildman–Crippen LogP) is 2.46. The van der Waals surface area contributed by atoms with E-state index >= 15 is 0 Å². The van der Waals surface area contributed by atoms with Crippen molar-refractivity contribution in [1.29, 1.82) is 5.26 Å². The number of nitriles is 1. The van der Waals surface area contributed by atoms with Crippen LogP contribution in [0.2, 0.25) is 0 Å². The summed E-state index contributed by atoms with van der Waals surface area (Å²) in [7, 11) is 1.69. The van der Waals surface area contributed by atoms with Gasteiger partial charge in [-0.1, -0.05) is 6.07 Å². The van der Waals surface area contributed by atoms with Gasteiger partial charge in [-0.3, -0.25) is 14.2 Å². The SMILES string of the molecule is Cc1cc(C)cc(N(CCC#N)C(=O)Cn2cnc3c(c(Br)nn3C)c2=O)c1. The molecule has 1 amide bonds. The molecule has 0 atom stereocenters. The van der Waals surface area contributed by atoms with Crippen molar-refractivity contribution < 1.29 is 4.79 Å². The average molecular weight is 443 g/mol. The Morgan fingerprint density at radius 2 is 1.96 bits per heavy atom. The minimum Gasteiger partial charge on any atom is -0.310 e. The number of aryl methyl sites for hydroxylation is 3. The first-order valence-electron chi connectivity index (χ1n) is 8.65. The third-order valence-corrected chi connectivity index (χ3v) is 4.90. The van der Waals surface area contributed by atoms with E-state index in [1.165, 1.54) is 20.5 Å². The number of nitrogens with zero attached hydrogens (tertiary/aromatic N) is 6. The largest absolute Gasteiger partial charge is 0.310 e. The lowest BCUT2D eigenvalue weighted by molar-refractivity contribution is -0.119. The molecule has 9 heteroatoms. The zero-order valence-electron chi connectivity index (χ0n) is 15.8. The minimum absolute atomic E-state index is 0.179. The molecule has 0 aliphatic carbocycles.